The number of fused-ring (bicyclic) bond motifs is 1. The fourth-order valence-electron chi connectivity index (χ4n) is 3.08. The Bertz CT molecular complexity index is 571. The van der Waals surface area contributed by atoms with Crippen LogP contribution in [-0.2, 0) is 0 Å². The zero-order valence-corrected chi connectivity index (χ0v) is 12.2. The molecule has 7 heteroatoms. The van der Waals surface area contributed by atoms with Gasteiger partial charge in [-0.05, 0) is 25.3 Å². The zero-order valence-electron chi connectivity index (χ0n) is 12.2. The van der Waals surface area contributed by atoms with Gasteiger partial charge in [0.05, 0.1) is 5.92 Å². The predicted molar refractivity (Wildman–Crippen MR) is 72.1 cm³/mol. The molecule has 2 N–H and O–H groups in total. The Morgan fingerprint density at radius 2 is 2.09 bits per heavy atom. The molecule has 0 saturated heterocycles. The Balaban J connectivity index is 1.87. The summed E-state index contributed by atoms with van der Waals surface area (Å²) < 4.78 is 57.9. The number of nitrogens with zero attached hydrogens (tertiary/aromatic N) is 1. The number of aromatic nitrogens is 1. The van der Waals surface area contributed by atoms with E-state index < -0.39 is 18.3 Å². The number of rotatable bonds is 2. The van der Waals surface area contributed by atoms with E-state index in [2.05, 4.69) is 4.98 Å². The van der Waals surface area contributed by atoms with Crippen molar-refractivity contribution >= 4 is 0 Å². The van der Waals surface area contributed by atoms with E-state index in [1.54, 1.807) is 0 Å². The van der Waals surface area contributed by atoms with Crippen LogP contribution in [0.4, 0.5) is 17.6 Å². The van der Waals surface area contributed by atoms with Gasteiger partial charge in [-0.15, -0.1) is 0 Å². The molecule has 0 bridgehead atoms. The topological polar surface area (TPSA) is 48.1 Å². The molecule has 2 heterocycles. The molecule has 0 amide bonds. The van der Waals surface area contributed by atoms with Crippen molar-refractivity contribution in [1.29, 1.82) is 0 Å². The van der Waals surface area contributed by atoms with Gasteiger partial charge in [0.2, 0.25) is 5.88 Å². The molecule has 2 aliphatic rings. The molecule has 1 aliphatic carbocycles. The van der Waals surface area contributed by atoms with E-state index in [-0.39, 0.29) is 17.2 Å². The normalized spacial score (nSPS) is 25.8. The maximum absolute atomic E-state index is 14.1. The highest BCUT2D eigenvalue weighted by Gasteiger charge is 2.46. The first-order valence-electron chi connectivity index (χ1n) is 7.37. The Morgan fingerprint density at radius 1 is 1.41 bits per heavy atom. The molecule has 1 aromatic heterocycles. The average molecular weight is 318 g/mol. The Labute approximate surface area is 125 Å². The molecule has 1 saturated carbocycles. The van der Waals surface area contributed by atoms with Gasteiger partial charge in [0.25, 0.3) is 0 Å². The Kier molecular flexibility index (Phi) is 3.58. The third kappa shape index (κ3) is 2.55. The lowest BCUT2D eigenvalue weighted by Crippen LogP contribution is -2.48. The number of nitrogens with two attached hydrogens (primary N) is 1. The van der Waals surface area contributed by atoms with Crippen molar-refractivity contribution in [3.63, 3.8) is 0 Å². The SMILES string of the molecule is CC(C(F)c1cnc2c(c1)C(N)CC1(CCC1)O2)C(F)(F)F. The number of hydrogen-bond donors (Lipinski definition) is 1. The van der Waals surface area contributed by atoms with E-state index in [9.17, 15) is 17.6 Å². The van der Waals surface area contributed by atoms with Crippen molar-refractivity contribution in [2.24, 2.45) is 11.7 Å². The van der Waals surface area contributed by atoms with E-state index in [1.807, 2.05) is 0 Å². The smallest absolute Gasteiger partial charge is 0.394 e. The minimum atomic E-state index is -4.59. The van der Waals surface area contributed by atoms with Gasteiger partial charge in [-0.1, -0.05) is 6.92 Å². The van der Waals surface area contributed by atoms with Crippen molar-refractivity contribution in [2.75, 3.05) is 0 Å². The highest BCUT2D eigenvalue weighted by atomic mass is 19.4. The Morgan fingerprint density at radius 3 is 2.64 bits per heavy atom. The van der Waals surface area contributed by atoms with Crippen molar-refractivity contribution in [1.82, 2.24) is 4.98 Å². The lowest BCUT2D eigenvalue weighted by Gasteiger charge is -2.46. The summed E-state index contributed by atoms with van der Waals surface area (Å²) in [5.41, 5.74) is 6.20. The zero-order chi connectivity index (χ0) is 16.1. The lowest BCUT2D eigenvalue weighted by atomic mass is 9.73. The van der Waals surface area contributed by atoms with Crippen LogP contribution in [0.2, 0.25) is 0 Å². The Hall–Kier alpha value is -1.37. The van der Waals surface area contributed by atoms with Crippen LogP contribution in [0, 0.1) is 5.92 Å². The number of ether oxygens (including phenoxy) is 1. The highest BCUT2D eigenvalue weighted by molar-refractivity contribution is 5.37. The van der Waals surface area contributed by atoms with Gasteiger partial charge >= 0.3 is 6.18 Å². The van der Waals surface area contributed by atoms with E-state index >= 15 is 0 Å². The van der Waals surface area contributed by atoms with Crippen LogP contribution in [0.1, 0.15) is 55.9 Å². The van der Waals surface area contributed by atoms with Crippen molar-refractivity contribution in [2.45, 2.75) is 56.6 Å². The van der Waals surface area contributed by atoms with Crippen LogP contribution in [-0.4, -0.2) is 16.8 Å². The van der Waals surface area contributed by atoms with E-state index in [0.717, 1.165) is 32.4 Å². The second-order valence-corrected chi connectivity index (χ2v) is 6.34. The first-order valence-corrected chi connectivity index (χ1v) is 7.37. The summed E-state index contributed by atoms with van der Waals surface area (Å²) >= 11 is 0. The number of alkyl halides is 4. The molecule has 3 nitrogen and oxygen atoms in total. The molecule has 3 rings (SSSR count). The van der Waals surface area contributed by atoms with Gasteiger partial charge < -0.3 is 10.5 Å². The molecule has 1 aromatic rings. The van der Waals surface area contributed by atoms with Crippen molar-refractivity contribution < 1.29 is 22.3 Å². The van der Waals surface area contributed by atoms with Gasteiger partial charge in [0, 0.05) is 29.8 Å². The van der Waals surface area contributed by atoms with Crippen LogP contribution >= 0.6 is 0 Å². The summed E-state index contributed by atoms with van der Waals surface area (Å²) in [5, 5.41) is 0. The third-order valence-corrected chi connectivity index (χ3v) is 4.74. The minimum Gasteiger partial charge on any atom is -0.471 e. The molecular formula is C15H18F4N2O. The fourth-order valence-corrected chi connectivity index (χ4v) is 3.08. The van der Waals surface area contributed by atoms with Gasteiger partial charge in [-0.2, -0.15) is 13.2 Å². The third-order valence-electron chi connectivity index (χ3n) is 4.74. The fraction of sp³-hybridized carbons (Fsp3) is 0.667. The number of hydrogen-bond acceptors (Lipinski definition) is 3. The van der Waals surface area contributed by atoms with Crippen molar-refractivity contribution in [3.8, 4) is 5.88 Å². The van der Waals surface area contributed by atoms with Gasteiger partial charge in [0.15, 0.2) is 0 Å². The summed E-state index contributed by atoms with van der Waals surface area (Å²) in [6.45, 7) is 0.823. The molecule has 22 heavy (non-hydrogen) atoms. The van der Waals surface area contributed by atoms with Crippen molar-refractivity contribution in [3.05, 3.63) is 23.4 Å². The molecule has 0 radical (unpaired) electrons. The minimum absolute atomic E-state index is 0.104. The average Bonchev–Trinajstić information content (AvgIpc) is 2.42. The van der Waals surface area contributed by atoms with Crippen LogP contribution < -0.4 is 10.5 Å². The van der Waals surface area contributed by atoms with Crippen LogP contribution in [0.25, 0.3) is 0 Å². The van der Waals surface area contributed by atoms with Gasteiger partial charge in [-0.25, -0.2) is 9.37 Å². The summed E-state index contributed by atoms with van der Waals surface area (Å²) in [5.74, 6) is -1.76. The maximum Gasteiger partial charge on any atom is 0.394 e. The largest absolute Gasteiger partial charge is 0.471 e. The first-order chi connectivity index (χ1) is 10.2. The summed E-state index contributed by atoms with van der Waals surface area (Å²) in [4.78, 5) is 4.02. The second kappa shape index (κ2) is 5.08. The molecule has 0 aromatic carbocycles. The van der Waals surface area contributed by atoms with Crippen LogP contribution in [0.15, 0.2) is 12.3 Å². The van der Waals surface area contributed by atoms with E-state index in [0.29, 0.717) is 17.9 Å². The summed E-state index contributed by atoms with van der Waals surface area (Å²) in [6.07, 6.45) is -2.17. The molecule has 1 spiro atoms. The number of pyridine rings is 1. The number of halogens is 4. The molecule has 1 fully saturated rings. The second-order valence-electron chi connectivity index (χ2n) is 6.34. The van der Waals surface area contributed by atoms with Crippen LogP contribution in [0.3, 0.4) is 0 Å². The van der Waals surface area contributed by atoms with Crippen LogP contribution in [0.5, 0.6) is 5.88 Å². The molecule has 3 atom stereocenters. The van der Waals surface area contributed by atoms with E-state index in [1.165, 1.54) is 6.07 Å². The molecule has 122 valence electrons. The highest BCUT2D eigenvalue weighted by Crippen LogP contribution is 2.48. The predicted octanol–water partition coefficient (Wildman–Crippen LogP) is 4.00. The monoisotopic (exact) mass is 318 g/mol. The summed E-state index contributed by atoms with van der Waals surface area (Å²) in [7, 11) is 0. The molecule has 1 aliphatic heterocycles. The van der Waals surface area contributed by atoms with E-state index in [4.69, 9.17) is 10.5 Å². The standard InChI is InChI=1S/C15H18F4N2O/c1-8(15(17,18)19)12(16)9-5-10-11(20)6-14(3-2-4-14)22-13(10)21-7-9/h5,7-8,11-12H,2-4,6,20H2,1H3. The molecule has 3 unspecified atom stereocenters. The molecular weight excluding hydrogens is 300 g/mol. The lowest BCUT2D eigenvalue weighted by molar-refractivity contribution is -0.186. The quantitative estimate of drug-likeness (QED) is 0.839. The van der Waals surface area contributed by atoms with Gasteiger partial charge in [-0.3, -0.25) is 0 Å². The maximum atomic E-state index is 14.1. The first kappa shape index (κ1) is 15.5. The summed E-state index contributed by atoms with van der Waals surface area (Å²) in [6, 6.07) is 0.982. The van der Waals surface area contributed by atoms with Gasteiger partial charge in [0.1, 0.15) is 11.8 Å².